The summed E-state index contributed by atoms with van der Waals surface area (Å²) >= 11 is 0. The summed E-state index contributed by atoms with van der Waals surface area (Å²) in [6, 6.07) is 3.05. The molecule has 0 aromatic heterocycles. The Morgan fingerprint density at radius 3 is 1.63 bits per heavy atom. The van der Waals surface area contributed by atoms with Crippen LogP contribution >= 0.6 is 0 Å². The van der Waals surface area contributed by atoms with Gasteiger partial charge in [0.2, 0.25) is 0 Å². The number of benzene rings is 1. The molecule has 0 saturated carbocycles. The van der Waals surface area contributed by atoms with Crippen molar-refractivity contribution in [3.05, 3.63) is 29.8 Å². The van der Waals surface area contributed by atoms with Crippen LogP contribution in [0, 0.1) is 0 Å². The number of rotatable bonds is 15. The summed E-state index contributed by atoms with van der Waals surface area (Å²) in [5.74, 6) is -8.71. The molecule has 0 amide bonds. The number of carbonyl (C=O) groups excluding carboxylic acids is 1. The Balaban J connectivity index is 2.30. The molecule has 2 unspecified atom stereocenters. The minimum Gasteiger partial charge on any atom is -0.487 e. The van der Waals surface area contributed by atoms with Crippen LogP contribution in [0.15, 0.2) is 24.3 Å². The average Bonchev–Trinajstić information content (AvgIpc) is 2.98. The van der Waals surface area contributed by atoms with Gasteiger partial charge in [-0.15, -0.1) is 0 Å². The molecule has 0 bridgehead atoms. The molecule has 18 heteroatoms. The normalized spacial score (nSPS) is 18.2. The predicted molar refractivity (Wildman–Crippen MR) is 152 cm³/mol. The van der Waals surface area contributed by atoms with E-state index in [2.05, 4.69) is 0 Å². The molecule has 2 rings (SSSR count). The van der Waals surface area contributed by atoms with Crippen LogP contribution in [-0.2, 0) is 30.3 Å². The number of carboxylic acids is 3. The summed E-state index contributed by atoms with van der Waals surface area (Å²) < 4.78 is 60.8. The van der Waals surface area contributed by atoms with E-state index in [0.29, 0.717) is 5.56 Å². The number of carbonyl (C=O) groups is 4. The molecule has 1 aliphatic heterocycles. The quantitative estimate of drug-likeness (QED) is 0.144. The fraction of sp³-hybridized carbons (Fsp3) is 0.643. The van der Waals surface area contributed by atoms with Gasteiger partial charge in [-0.2, -0.15) is 8.78 Å². The average molecular weight is 669 g/mol. The number of aliphatic hydroxyl groups is 1. The lowest BCUT2D eigenvalue weighted by Crippen LogP contribution is -2.54. The predicted octanol–water partition coefficient (Wildman–Crippen LogP) is -0.114. The van der Waals surface area contributed by atoms with Crippen LogP contribution in [0.3, 0.4) is 0 Å². The second-order valence-corrected chi connectivity index (χ2v) is 10.7. The van der Waals surface area contributed by atoms with Gasteiger partial charge in [0.25, 0.3) is 0 Å². The fourth-order valence-corrected chi connectivity index (χ4v) is 4.88. The SMILES string of the molecule is COC(=O)C(CO)N1CCN(CC(=O)O)CCN(C(Cc2ccc(OCC(F)(F)C(F)F)cc2)C(=O)O)CCN(CC(=O)O)CC1. The number of aliphatic hydroxyl groups excluding tert-OH is 1. The van der Waals surface area contributed by atoms with E-state index >= 15 is 0 Å². The van der Waals surface area contributed by atoms with Crippen LogP contribution in [0.2, 0.25) is 0 Å². The Bertz CT molecular complexity index is 1120. The third-order valence-electron chi connectivity index (χ3n) is 7.45. The van der Waals surface area contributed by atoms with Gasteiger partial charge >= 0.3 is 36.2 Å². The molecule has 4 N–H and O–H groups in total. The summed E-state index contributed by atoms with van der Waals surface area (Å²) in [4.78, 5) is 54.3. The summed E-state index contributed by atoms with van der Waals surface area (Å²) in [6.07, 6.45) is -4.00. The highest BCUT2D eigenvalue weighted by Crippen LogP contribution is 2.25. The number of carboxylic acid groups (broad SMARTS) is 3. The maximum atomic E-state index is 13.2. The van der Waals surface area contributed by atoms with E-state index in [1.54, 1.807) is 19.6 Å². The zero-order valence-electron chi connectivity index (χ0n) is 25.3. The van der Waals surface area contributed by atoms with Gasteiger partial charge in [0.1, 0.15) is 17.8 Å². The second kappa shape index (κ2) is 18.5. The summed E-state index contributed by atoms with van der Waals surface area (Å²) in [5.41, 5.74) is 0.449. The van der Waals surface area contributed by atoms with Gasteiger partial charge in [-0.25, -0.2) is 8.78 Å². The number of hydrogen-bond donors (Lipinski definition) is 4. The van der Waals surface area contributed by atoms with Crippen molar-refractivity contribution in [1.82, 2.24) is 19.6 Å². The highest BCUT2D eigenvalue weighted by Gasteiger charge is 2.41. The molecule has 1 aliphatic rings. The molecule has 0 radical (unpaired) electrons. The van der Waals surface area contributed by atoms with Gasteiger partial charge in [-0.05, 0) is 24.1 Å². The number of alkyl halides is 4. The van der Waals surface area contributed by atoms with Gasteiger partial charge in [-0.3, -0.25) is 38.8 Å². The van der Waals surface area contributed by atoms with Crippen LogP contribution in [0.25, 0.3) is 0 Å². The maximum Gasteiger partial charge on any atom is 0.340 e. The monoisotopic (exact) mass is 668 g/mol. The number of ether oxygens (including phenoxy) is 2. The van der Waals surface area contributed by atoms with E-state index in [1.165, 1.54) is 24.3 Å². The van der Waals surface area contributed by atoms with Gasteiger partial charge in [0.05, 0.1) is 26.8 Å². The molecule has 260 valence electrons. The van der Waals surface area contributed by atoms with Crippen LogP contribution in [0.5, 0.6) is 5.75 Å². The summed E-state index contributed by atoms with van der Waals surface area (Å²) in [7, 11) is 1.16. The molecule has 2 atom stereocenters. The van der Waals surface area contributed by atoms with Crippen LogP contribution in [0.1, 0.15) is 5.56 Å². The van der Waals surface area contributed by atoms with Gasteiger partial charge < -0.3 is 29.9 Å². The summed E-state index contributed by atoms with van der Waals surface area (Å²) in [5, 5.41) is 39.0. The zero-order valence-corrected chi connectivity index (χ0v) is 25.3. The maximum absolute atomic E-state index is 13.2. The van der Waals surface area contributed by atoms with E-state index in [0.717, 1.165) is 7.11 Å². The minimum absolute atomic E-state index is 0.0511. The third-order valence-corrected chi connectivity index (χ3v) is 7.45. The molecule has 1 aromatic rings. The number of aliphatic carboxylic acids is 3. The first kappa shape index (κ1) is 38.6. The van der Waals surface area contributed by atoms with Crippen molar-refractivity contribution in [2.75, 3.05) is 85.8 Å². The lowest BCUT2D eigenvalue weighted by Gasteiger charge is -2.36. The molecule has 0 aliphatic carbocycles. The van der Waals surface area contributed by atoms with E-state index in [4.69, 9.17) is 9.47 Å². The lowest BCUT2D eigenvalue weighted by molar-refractivity contribution is -0.149. The van der Waals surface area contributed by atoms with Crippen molar-refractivity contribution in [1.29, 1.82) is 0 Å². The first-order chi connectivity index (χ1) is 21.7. The van der Waals surface area contributed by atoms with Crippen molar-refractivity contribution in [3.63, 3.8) is 0 Å². The Kier molecular flexibility index (Phi) is 15.6. The Morgan fingerprint density at radius 1 is 0.804 bits per heavy atom. The number of halogens is 4. The molecular weight excluding hydrogens is 628 g/mol. The first-order valence-electron chi connectivity index (χ1n) is 14.3. The Hall–Kier alpha value is -3.58. The van der Waals surface area contributed by atoms with Crippen molar-refractivity contribution in [2.24, 2.45) is 0 Å². The number of methoxy groups -OCH3 is 1. The van der Waals surface area contributed by atoms with E-state index in [-0.39, 0.29) is 64.5 Å². The number of esters is 1. The van der Waals surface area contributed by atoms with E-state index in [1.807, 2.05) is 0 Å². The third kappa shape index (κ3) is 12.7. The molecular formula is C28H40F4N4O10. The topological polar surface area (TPSA) is 181 Å². The minimum atomic E-state index is -4.35. The number of hydrogen-bond acceptors (Lipinski definition) is 11. The highest BCUT2D eigenvalue weighted by atomic mass is 19.3. The second-order valence-electron chi connectivity index (χ2n) is 10.7. The van der Waals surface area contributed by atoms with Crippen molar-refractivity contribution >= 4 is 23.9 Å². The molecule has 46 heavy (non-hydrogen) atoms. The molecule has 14 nitrogen and oxygen atoms in total. The molecule has 0 spiro atoms. The molecule has 1 heterocycles. The van der Waals surface area contributed by atoms with Crippen molar-refractivity contribution in [3.8, 4) is 5.75 Å². The first-order valence-corrected chi connectivity index (χ1v) is 14.3. The van der Waals surface area contributed by atoms with E-state index < -0.39 is 74.6 Å². The molecule has 1 fully saturated rings. The van der Waals surface area contributed by atoms with Crippen LogP contribution in [0.4, 0.5) is 17.6 Å². The van der Waals surface area contributed by atoms with Gasteiger partial charge in [0, 0.05) is 52.4 Å². The largest absolute Gasteiger partial charge is 0.487 e. The van der Waals surface area contributed by atoms with Gasteiger partial charge in [-0.1, -0.05) is 12.1 Å². The highest BCUT2D eigenvalue weighted by molar-refractivity contribution is 5.76. The zero-order chi connectivity index (χ0) is 34.4. The van der Waals surface area contributed by atoms with E-state index in [9.17, 15) is 57.2 Å². The smallest absolute Gasteiger partial charge is 0.340 e. The standard InChI is InChI=1S/C28H40F4N4O10/c1-45-26(44)22(17-37)36-12-8-33(15-23(38)39)6-10-35(11-7-34(9-13-36)16-24(40)41)21(25(42)43)14-19-2-4-20(5-3-19)46-18-28(31,32)27(29)30/h2-5,21-22,27,37H,6-18H2,1H3,(H,38,39)(H,40,41)(H,42,43). The van der Waals surface area contributed by atoms with Crippen LogP contribution < -0.4 is 4.74 Å². The van der Waals surface area contributed by atoms with Crippen molar-refractivity contribution in [2.45, 2.75) is 30.9 Å². The van der Waals surface area contributed by atoms with Crippen LogP contribution in [-0.4, -0.2) is 174 Å². The fourth-order valence-electron chi connectivity index (χ4n) is 4.88. The molecule has 1 aromatic carbocycles. The Morgan fingerprint density at radius 2 is 1.26 bits per heavy atom. The van der Waals surface area contributed by atoms with Crippen molar-refractivity contribution < 1.29 is 66.6 Å². The molecule has 1 saturated heterocycles. The van der Waals surface area contributed by atoms with Gasteiger partial charge in [0.15, 0.2) is 6.61 Å². The number of nitrogens with zero attached hydrogens (tertiary/aromatic N) is 4. The lowest BCUT2D eigenvalue weighted by atomic mass is 10.0. The summed E-state index contributed by atoms with van der Waals surface area (Å²) in [6.45, 7) is -2.26. The Labute approximate surface area is 262 Å².